The van der Waals surface area contributed by atoms with Gasteiger partial charge in [-0.2, -0.15) is 0 Å². The van der Waals surface area contributed by atoms with E-state index in [9.17, 15) is 9.59 Å². The maximum absolute atomic E-state index is 13.7. The molecule has 38 heavy (non-hydrogen) atoms. The lowest BCUT2D eigenvalue weighted by molar-refractivity contribution is -0.138. The van der Waals surface area contributed by atoms with Gasteiger partial charge in [0.1, 0.15) is 23.9 Å². The predicted molar refractivity (Wildman–Crippen MR) is 147 cm³/mol. The number of methoxy groups -OCH3 is 1. The predicted octanol–water partition coefficient (Wildman–Crippen LogP) is 4.89. The van der Waals surface area contributed by atoms with Gasteiger partial charge >= 0.3 is 5.97 Å². The van der Waals surface area contributed by atoms with Gasteiger partial charge in [0.15, 0.2) is 4.80 Å². The van der Waals surface area contributed by atoms with Crippen molar-refractivity contribution in [3.8, 4) is 17.1 Å². The fourth-order valence-corrected chi connectivity index (χ4v) is 5.47. The van der Waals surface area contributed by atoms with E-state index in [0.29, 0.717) is 37.3 Å². The van der Waals surface area contributed by atoms with Gasteiger partial charge < -0.3 is 13.9 Å². The zero-order valence-corrected chi connectivity index (χ0v) is 22.2. The molecule has 0 saturated heterocycles. The van der Waals surface area contributed by atoms with Gasteiger partial charge in [0, 0.05) is 16.7 Å². The first kappa shape index (κ1) is 25.5. The highest BCUT2D eigenvalue weighted by atomic mass is 35.5. The number of esters is 1. The van der Waals surface area contributed by atoms with Crippen molar-refractivity contribution in [3.63, 3.8) is 0 Å². The van der Waals surface area contributed by atoms with Crippen molar-refractivity contribution in [3.05, 3.63) is 121 Å². The molecule has 5 rings (SSSR count). The third-order valence-electron chi connectivity index (χ3n) is 6.01. The Labute approximate surface area is 227 Å². The van der Waals surface area contributed by atoms with Crippen LogP contribution < -0.4 is 19.6 Å². The van der Waals surface area contributed by atoms with Gasteiger partial charge in [-0.25, -0.2) is 9.79 Å². The van der Waals surface area contributed by atoms with Crippen LogP contribution in [-0.2, 0) is 9.53 Å². The minimum Gasteiger partial charge on any atom is -0.497 e. The Balaban J connectivity index is 1.62. The number of hydrogen-bond acceptors (Lipinski definition) is 7. The maximum Gasteiger partial charge on any atom is 0.338 e. The molecule has 9 heteroatoms. The standard InChI is InChI=1S/C29H23ClN2O5S/c1-4-14-36-28(34)25-17(2)31-29-32(26(25)18-8-10-21(35-3)11-9-18)27(33)24(38-29)16-22-12-13-23(37-22)19-6-5-7-20(30)15-19/h4-13,15-16,26H,1,14H2,2-3H3/b24-16+/t26-/m1/s1. The zero-order valence-electron chi connectivity index (χ0n) is 20.6. The van der Waals surface area contributed by atoms with Crippen LogP contribution in [0.5, 0.6) is 5.75 Å². The molecular formula is C29H23ClN2O5S. The number of aromatic nitrogens is 1. The molecule has 0 amide bonds. The van der Waals surface area contributed by atoms with Crippen LogP contribution >= 0.6 is 22.9 Å². The molecule has 0 aliphatic carbocycles. The molecule has 0 fully saturated rings. The Morgan fingerprint density at radius 2 is 2.00 bits per heavy atom. The summed E-state index contributed by atoms with van der Waals surface area (Å²) in [6.07, 6.45) is 3.17. The van der Waals surface area contributed by atoms with E-state index in [4.69, 9.17) is 25.5 Å². The van der Waals surface area contributed by atoms with E-state index in [1.165, 1.54) is 22.0 Å². The van der Waals surface area contributed by atoms with Crippen molar-refractivity contribution < 1.29 is 18.7 Å². The molecule has 0 saturated carbocycles. The van der Waals surface area contributed by atoms with E-state index in [1.807, 2.05) is 36.4 Å². The third-order valence-corrected chi connectivity index (χ3v) is 7.23. The average Bonchev–Trinajstić information content (AvgIpc) is 3.51. The van der Waals surface area contributed by atoms with Crippen molar-refractivity contribution in [1.29, 1.82) is 0 Å². The first-order valence-electron chi connectivity index (χ1n) is 11.7. The van der Waals surface area contributed by atoms with Gasteiger partial charge in [-0.1, -0.05) is 59.9 Å². The second-order valence-corrected chi connectivity index (χ2v) is 9.90. The fourth-order valence-electron chi connectivity index (χ4n) is 4.25. The number of allylic oxidation sites excluding steroid dienone is 1. The summed E-state index contributed by atoms with van der Waals surface area (Å²) in [5.41, 5.74) is 2.03. The quantitative estimate of drug-likeness (QED) is 0.243. The number of furan rings is 1. The second-order valence-electron chi connectivity index (χ2n) is 8.45. The summed E-state index contributed by atoms with van der Waals surface area (Å²) in [6, 6.07) is 17.4. The topological polar surface area (TPSA) is 83.0 Å². The van der Waals surface area contributed by atoms with Gasteiger partial charge in [0.2, 0.25) is 0 Å². The zero-order chi connectivity index (χ0) is 26.8. The van der Waals surface area contributed by atoms with Crippen molar-refractivity contribution in [1.82, 2.24) is 4.57 Å². The van der Waals surface area contributed by atoms with Crippen molar-refractivity contribution in [2.75, 3.05) is 13.7 Å². The lowest BCUT2D eigenvalue weighted by Crippen LogP contribution is -2.39. The van der Waals surface area contributed by atoms with Gasteiger partial charge in [-0.05, 0) is 48.9 Å². The van der Waals surface area contributed by atoms with E-state index in [0.717, 1.165) is 11.1 Å². The molecule has 4 aromatic rings. The largest absolute Gasteiger partial charge is 0.497 e. The third kappa shape index (κ3) is 4.88. The number of nitrogens with zero attached hydrogens (tertiary/aromatic N) is 2. The molecule has 0 radical (unpaired) electrons. The van der Waals surface area contributed by atoms with Crippen LogP contribution in [-0.4, -0.2) is 24.3 Å². The number of ether oxygens (including phenoxy) is 2. The van der Waals surface area contributed by atoms with Crippen LogP contribution in [0.2, 0.25) is 5.02 Å². The van der Waals surface area contributed by atoms with Crippen LogP contribution in [0, 0.1) is 0 Å². The van der Waals surface area contributed by atoms with E-state index in [-0.39, 0.29) is 17.7 Å². The van der Waals surface area contributed by atoms with Gasteiger partial charge in [0.25, 0.3) is 5.56 Å². The summed E-state index contributed by atoms with van der Waals surface area (Å²) < 4.78 is 18.6. The van der Waals surface area contributed by atoms with Gasteiger partial charge in [-0.3, -0.25) is 9.36 Å². The number of hydrogen-bond donors (Lipinski definition) is 0. The normalized spacial score (nSPS) is 15.1. The molecule has 1 aliphatic heterocycles. The van der Waals surface area contributed by atoms with E-state index in [1.54, 1.807) is 44.4 Å². The lowest BCUT2D eigenvalue weighted by atomic mass is 9.96. The summed E-state index contributed by atoms with van der Waals surface area (Å²) in [7, 11) is 1.58. The Morgan fingerprint density at radius 1 is 1.21 bits per heavy atom. The number of thiazole rings is 1. The van der Waals surface area contributed by atoms with Crippen LogP contribution in [0.25, 0.3) is 17.4 Å². The number of carbonyl (C=O) groups is 1. The van der Waals surface area contributed by atoms with Gasteiger partial charge in [-0.15, -0.1) is 0 Å². The lowest BCUT2D eigenvalue weighted by Gasteiger charge is -2.24. The highest BCUT2D eigenvalue weighted by molar-refractivity contribution is 7.07. The monoisotopic (exact) mass is 546 g/mol. The van der Waals surface area contributed by atoms with Crippen molar-refractivity contribution >= 4 is 35.0 Å². The average molecular weight is 547 g/mol. The van der Waals surface area contributed by atoms with E-state index in [2.05, 4.69) is 11.6 Å². The van der Waals surface area contributed by atoms with E-state index < -0.39 is 12.0 Å². The number of benzene rings is 2. The van der Waals surface area contributed by atoms with Gasteiger partial charge in [0.05, 0.1) is 29.0 Å². The molecule has 2 aromatic carbocycles. The molecule has 0 N–H and O–H groups in total. The van der Waals surface area contributed by atoms with Crippen LogP contribution in [0.3, 0.4) is 0 Å². The number of fused-ring (bicyclic) bond motifs is 1. The first-order chi connectivity index (χ1) is 18.4. The molecule has 7 nitrogen and oxygen atoms in total. The molecule has 1 atom stereocenters. The summed E-state index contributed by atoms with van der Waals surface area (Å²) >= 11 is 7.34. The Morgan fingerprint density at radius 3 is 2.71 bits per heavy atom. The maximum atomic E-state index is 13.7. The van der Waals surface area contributed by atoms with Crippen LogP contribution in [0.1, 0.15) is 24.3 Å². The number of carbonyl (C=O) groups excluding carboxylic acids is 1. The Bertz CT molecular complexity index is 1740. The van der Waals surface area contributed by atoms with E-state index >= 15 is 0 Å². The molecule has 0 bridgehead atoms. The van der Waals surface area contributed by atoms with Crippen molar-refractivity contribution in [2.45, 2.75) is 13.0 Å². The van der Waals surface area contributed by atoms with Crippen molar-refractivity contribution in [2.24, 2.45) is 4.99 Å². The molecule has 0 spiro atoms. The van der Waals surface area contributed by atoms with Crippen LogP contribution in [0.15, 0.2) is 98.8 Å². The summed E-state index contributed by atoms with van der Waals surface area (Å²) in [4.78, 5) is 31.9. The highest BCUT2D eigenvalue weighted by Crippen LogP contribution is 2.32. The minimum atomic E-state index is -0.727. The molecule has 0 unspecified atom stereocenters. The van der Waals surface area contributed by atoms with Crippen LogP contribution in [0.4, 0.5) is 0 Å². The molecule has 1 aliphatic rings. The summed E-state index contributed by atoms with van der Waals surface area (Å²) in [5, 5.41) is 0.602. The SMILES string of the molecule is C=CCOC(=O)C1=C(C)N=c2s/c(=C/c3ccc(-c4cccc(Cl)c4)o3)c(=O)n2[C@@H]1c1ccc(OC)cc1. The first-order valence-corrected chi connectivity index (χ1v) is 12.9. The molecule has 3 heterocycles. The molecule has 192 valence electrons. The number of rotatable bonds is 7. The fraction of sp³-hybridized carbons (Fsp3) is 0.138. The molecule has 2 aromatic heterocycles. The smallest absolute Gasteiger partial charge is 0.338 e. The summed E-state index contributed by atoms with van der Waals surface area (Å²) in [5.74, 6) is 1.24. The highest BCUT2D eigenvalue weighted by Gasteiger charge is 2.33. The second kappa shape index (κ2) is 10.7. The summed E-state index contributed by atoms with van der Waals surface area (Å²) in [6.45, 7) is 5.39. The number of halogens is 1. The Kier molecular flexibility index (Phi) is 7.18. The molecular weight excluding hydrogens is 524 g/mol. The Hall–Kier alpha value is -4.14. The minimum absolute atomic E-state index is 0.0445.